The topological polar surface area (TPSA) is 60.0 Å². The van der Waals surface area contributed by atoms with Gasteiger partial charge in [0, 0.05) is 18.8 Å². The Morgan fingerprint density at radius 2 is 2.11 bits per heavy atom. The molecule has 1 heterocycles. The molecule has 2 rings (SSSR count). The second kappa shape index (κ2) is 5.27. The Hall–Kier alpha value is -1.45. The fourth-order valence-electron chi connectivity index (χ4n) is 2.90. The molecule has 106 valence electrons. The average molecular weight is 263 g/mol. The third kappa shape index (κ3) is 3.11. The number of hydrogen-bond donors (Lipinski definition) is 2. The lowest BCUT2D eigenvalue weighted by Gasteiger charge is -2.24. The highest BCUT2D eigenvalue weighted by atomic mass is 16.1. The molecule has 1 aromatic heterocycles. The van der Waals surface area contributed by atoms with Gasteiger partial charge in [0.2, 0.25) is 0 Å². The first kappa shape index (κ1) is 14.0. The van der Waals surface area contributed by atoms with Gasteiger partial charge in [0.1, 0.15) is 5.69 Å². The Kier molecular flexibility index (Phi) is 3.88. The van der Waals surface area contributed by atoms with E-state index >= 15 is 0 Å². The molecule has 1 aromatic rings. The monoisotopic (exact) mass is 263 g/mol. The fraction of sp³-hybridized carbons (Fsp3) is 0.667. The van der Waals surface area contributed by atoms with E-state index in [2.05, 4.69) is 26.1 Å². The molecule has 0 bridgehead atoms. The van der Waals surface area contributed by atoms with Gasteiger partial charge in [-0.25, -0.2) is 0 Å². The molecule has 0 spiro atoms. The van der Waals surface area contributed by atoms with Crippen LogP contribution in [0.25, 0.3) is 0 Å². The maximum atomic E-state index is 12.3. The van der Waals surface area contributed by atoms with E-state index in [0.29, 0.717) is 11.4 Å². The van der Waals surface area contributed by atoms with E-state index in [9.17, 15) is 4.79 Å². The summed E-state index contributed by atoms with van der Waals surface area (Å²) in [6.45, 7) is 7.12. The van der Waals surface area contributed by atoms with Crippen molar-refractivity contribution in [2.75, 3.05) is 12.3 Å². The normalized spacial score (nSPS) is 17.9. The van der Waals surface area contributed by atoms with Gasteiger partial charge in [0.05, 0.1) is 5.69 Å². The maximum absolute atomic E-state index is 12.3. The molecular formula is C15H25N3O. The number of hydrogen-bond acceptors (Lipinski definition) is 2. The lowest BCUT2D eigenvalue weighted by atomic mass is 9.89. The minimum Gasteiger partial charge on any atom is -0.397 e. The molecule has 19 heavy (non-hydrogen) atoms. The summed E-state index contributed by atoms with van der Waals surface area (Å²) in [6.07, 6.45) is 6.81. The summed E-state index contributed by atoms with van der Waals surface area (Å²) >= 11 is 0. The van der Waals surface area contributed by atoms with Crippen molar-refractivity contribution in [2.24, 2.45) is 5.41 Å². The Labute approximate surface area is 115 Å². The van der Waals surface area contributed by atoms with E-state index in [1.54, 1.807) is 6.07 Å². The van der Waals surface area contributed by atoms with Crippen molar-refractivity contribution in [3.8, 4) is 0 Å². The molecule has 0 saturated heterocycles. The number of nitrogens with zero attached hydrogens (tertiary/aromatic N) is 1. The Balaban J connectivity index is 2.03. The van der Waals surface area contributed by atoms with Crippen LogP contribution in [0.2, 0.25) is 0 Å². The van der Waals surface area contributed by atoms with Gasteiger partial charge in [0.15, 0.2) is 0 Å². The molecule has 1 fully saturated rings. The number of carbonyl (C=O) groups excluding carboxylic acids is 1. The summed E-state index contributed by atoms with van der Waals surface area (Å²) in [4.78, 5) is 12.3. The van der Waals surface area contributed by atoms with Crippen molar-refractivity contribution >= 4 is 11.6 Å². The summed E-state index contributed by atoms with van der Waals surface area (Å²) in [6, 6.07) is 1.99. The lowest BCUT2D eigenvalue weighted by Crippen LogP contribution is -2.35. The van der Waals surface area contributed by atoms with Gasteiger partial charge in [0.25, 0.3) is 5.91 Å². The summed E-state index contributed by atoms with van der Waals surface area (Å²) in [5, 5.41) is 3.07. The predicted octanol–water partition coefficient (Wildman–Crippen LogP) is 2.96. The molecule has 0 aliphatic heterocycles. The van der Waals surface area contributed by atoms with Crippen LogP contribution in [0.1, 0.15) is 63.0 Å². The summed E-state index contributed by atoms with van der Waals surface area (Å²) in [5.74, 6) is -0.0153. The summed E-state index contributed by atoms with van der Waals surface area (Å²) in [5.41, 5.74) is 7.38. The van der Waals surface area contributed by atoms with Crippen LogP contribution < -0.4 is 11.1 Å². The van der Waals surface area contributed by atoms with Crippen molar-refractivity contribution in [3.63, 3.8) is 0 Å². The molecule has 4 nitrogen and oxygen atoms in total. The Morgan fingerprint density at radius 3 is 2.68 bits per heavy atom. The van der Waals surface area contributed by atoms with E-state index in [1.807, 2.05) is 10.8 Å². The third-order valence-corrected chi connectivity index (χ3v) is 4.15. The van der Waals surface area contributed by atoms with Crippen molar-refractivity contribution in [3.05, 3.63) is 18.0 Å². The maximum Gasteiger partial charge on any atom is 0.268 e. The molecule has 3 N–H and O–H groups in total. The van der Waals surface area contributed by atoms with Crippen LogP contribution in [0.3, 0.4) is 0 Å². The molecule has 0 aromatic carbocycles. The van der Waals surface area contributed by atoms with Crippen LogP contribution in [0, 0.1) is 5.41 Å². The van der Waals surface area contributed by atoms with E-state index < -0.39 is 0 Å². The smallest absolute Gasteiger partial charge is 0.268 e. The number of aromatic nitrogens is 1. The lowest BCUT2D eigenvalue weighted by molar-refractivity contribution is 0.0923. The van der Waals surface area contributed by atoms with Crippen LogP contribution in [0.4, 0.5) is 5.69 Å². The van der Waals surface area contributed by atoms with Gasteiger partial charge < -0.3 is 15.6 Å². The minimum absolute atomic E-state index is 0.0153. The van der Waals surface area contributed by atoms with E-state index in [0.717, 1.165) is 6.54 Å². The van der Waals surface area contributed by atoms with Crippen molar-refractivity contribution < 1.29 is 4.79 Å². The van der Waals surface area contributed by atoms with E-state index in [1.165, 1.54) is 25.7 Å². The van der Waals surface area contributed by atoms with Gasteiger partial charge in [-0.2, -0.15) is 0 Å². The zero-order chi connectivity index (χ0) is 14.0. The molecule has 1 amide bonds. The van der Waals surface area contributed by atoms with Crippen LogP contribution in [-0.2, 0) is 0 Å². The number of anilines is 1. The number of nitrogens with two attached hydrogens (primary N) is 1. The molecule has 0 atom stereocenters. The first-order chi connectivity index (χ1) is 8.91. The van der Waals surface area contributed by atoms with Crippen LogP contribution in [0.5, 0.6) is 0 Å². The van der Waals surface area contributed by atoms with Gasteiger partial charge >= 0.3 is 0 Å². The van der Waals surface area contributed by atoms with Crippen molar-refractivity contribution in [1.82, 2.24) is 9.88 Å². The highest BCUT2D eigenvalue weighted by Gasteiger charge is 2.29. The molecule has 1 aliphatic rings. The number of nitrogen functional groups attached to an aromatic ring is 1. The van der Waals surface area contributed by atoms with Gasteiger partial charge in [-0.3, -0.25) is 4.79 Å². The number of rotatable bonds is 4. The summed E-state index contributed by atoms with van der Waals surface area (Å²) < 4.78 is 1.93. The number of amides is 1. The van der Waals surface area contributed by atoms with Crippen LogP contribution in [0.15, 0.2) is 12.3 Å². The first-order valence-corrected chi connectivity index (χ1v) is 7.17. The highest BCUT2D eigenvalue weighted by Crippen LogP contribution is 2.36. The third-order valence-electron chi connectivity index (χ3n) is 4.15. The number of nitrogens with one attached hydrogen (secondary N) is 1. The molecule has 1 aliphatic carbocycles. The molecule has 0 radical (unpaired) electrons. The largest absolute Gasteiger partial charge is 0.397 e. The minimum atomic E-state index is -0.0153. The second-order valence-corrected chi connectivity index (χ2v) is 6.36. The van der Waals surface area contributed by atoms with Crippen molar-refractivity contribution in [1.29, 1.82) is 0 Å². The fourth-order valence-corrected chi connectivity index (χ4v) is 2.90. The quantitative estimate of drug-likeness (QED) is 0.877. The van der Waals surface area contributed by atoms with Gasteiger partial charge in [-0.15, -0.1) is 0 Å². The molecule has 4 heteroatoms. The predicted molar refractivity (Wildman–Crippen MR) is 78.1 cm³/mol. The van der Waals surface area contributed by atoms with Gasteiger partial charge in [-0.05, 0) is 38.2 Å². The average Bonchev–Trinajstić information content (AvgIpc) is 2.93. The molecule has 0 unspecified atom stereocenters. The zero-order valence-electron chi connectivity index (χ0n) is 12.2. The van der Waals surface area contributed by atoms with Crippen molar-refractivity contribution in [2.45, 2.75) is 52.5 Å². The highest BCUT2D eigenvalue weighted by molar-refractivity contribution is 5.93. The number of carbonyl (C=O) groups is 1. The standard InChI is InChI=1S/C15H25N3O/c1-11(2)18-9-12(16)8-13(18)14(19)17-10-15(3)6-4-5-7-15/h8-9,11H,4-7,10,16H2,1-3H3,(H,17,19). The first-order valence-electron chi connectivity index (χ1n) is 7.17. The Morgan fingerprint density at radius 1 is 1.47 bits per heavy atom. The summed E-state index contributed by atoms with van der Waals surface area (Å²) in [7, 11) is 0. The van der Waals surface area contributed by atoms with E-state index in [4.69, 9.17) is 5.73 Å². The molecule has 1 saturated carbocycles. The van der Waals surface area contributed by atoms with Gasteiger partial charge in [-0.1, -0.05) is 19.8 Å². The molecular weight excluding hydrogens is 238 g/mol. The van der Waals surface area contributed by atoms with E-state index in [-0.39, 0.29) is 17.4 Å². The van der Waals surface area contributed by atoms with Crippen LogP contribution in [-0.4, -0.2) is 17.0 Å². The zero-order valence-corrected chi connectivity index (χ0v) is 12.2. The SMILES string of the molecule is CC(C)n1cc(N)cc1C(=O)NCC1(C)CCCC1. The second-order valence-electron chi connectivity index (χ2n) is 6.36. The Bertz CT molecular complexity index is 456. The van der Waals surface area contributed by atoms with Crippen LogP contribution >= 0.6 is 0 Å².